The van der Waals surface area contributed by atoms with E-state index in [2.05, 4.69) is 52.9 Å². The lowest BCUT2D eigenvalue weighted by Crippen LogP contribution is -2.41. The average molecular weight is 484 g/mol. The van der Waals surface area contributed by atoms with Gasteiger partial charge in [0.05, 0.1) is 0 Å². The summed E-state index contributed by atoms with van der Waals surface area (Å²) in [5, 5.41) is 8.12. The Kier molecular flexibility index (Phi) is 8.89. The molecule has 3 rings (SSSR count). The Morgan fingerprint density at radius 1 is 1.26 bits per heavy atom. The monoisotopic (exact) mass is 484 g/mol. The molecule has 3 N–H and O–H groups in total. The van der Waals surface area contributed by atoms with E-state index in [4.69, 9.17) is 9.73 Å². The molecule has 6 heteroatoms. The van der Waals surface area contributed by atoms with Crippen molar-refractivity contribution in [1.29, 1.82) is 0 Å². The van der Waals surface area contributed by atoms with E-state index < -0.39 is 0 Å². The van der Waals surface area contributed by atoms with Gasteiger partial charge in [-0.15, -0.1) is 24.0 Å². The van der Waals surface area contributed by atoms with Crippen LogP contribution in [0.5, 0.6) is 0 Å². The first-order valence-corrected chi connectivity index (χ1v) is 9.82. The Labute approximate surface area is 179 Å². The number of para-hydroxylation sites is 1. The zero-order chi connectivity index (χ0) is 18.2. The Balaban J connectivity index is 0.00000261. The number of hydrogen-bond donors (Lipinski definition) is 3. The molecule has 1 heterocycles. The molecule has 0 radical (unpaired) electrons. The minimum Gasteiger partial charge on any atom is -0.385 e. The Morgan fingerprint density at radius 2 is 2.07 bits per heavy atom. The summed E-state index contributed by atoms with van der Waals surface area (Å²) in [5.74, 6) is 0.923. The maximum absolute atomic E-state index is 5.28. The Morgan fingerprint density at radius 3 is 2.74 bits per heavy atom. The van der Waals surface area contributed by atoms with Crippen LogP contribution >= 0.6 is 24.0 Å². The highest BCUT2D eigenvalue weighted by Gasteiger charge is 2.36. The highest BCUT2D eigenvalue weighted by atomic mass is 127. The second-order valence-electron chi connectivity index (χ2n) is 7.35. The third-order valence-corrected chi connectivity index (χ3v) is 5.44. The number of nitrogens with zero attached hydrogens (tertiary/aromatic N) is 1. The van der Waals surface area contributed by atoms with Crippen LogP contribution in [0.4, 0.5) is 0 Å². The molecule has 27 heavy (non-hydrogen) atoms. The summed E-state index contributed by atoms with van der Waals surface area (Å²) in [6.45, 7) is 5.57. The second kappa shape index (κ2) is 10.9. The van der Waals surface area contributed by atoms with Gasteiger partial charge in [0.2, 0.25) is 0 Å². The molecule has 0 amide bonds. The molecule has 1 aliphatic carbocycles. The van der Waals surface area contributed by atoms with Crippen molar-refractivity contribution in [2.45, 2.75) is 39.0 Å². The van der Waals surface area contributed by atoms with Gasteiger partial charge in [0.1, 0.15) is 0 Å². The third kappa shape index (κ3) is 6.10. The minimum absolute atomic E-state index is 0. The summed E-state index contributed by atoms with van der Waals surface area (Å²) < 4.78 is 5.28. The van der Waals surface area contributed by atoms with Crippen molar-refractivity contribution in [3.63, 3.8) is 0 Å². The topological polar surface area (TPSA) is 61.4 Å². The molecule has 0 spiro atoms. The highest BCUT2D eigenvalue weighted by Crippen LogP contribution is 2.44. The summed E-state index contributed by atoms with van der Waals surface area (Å²) in [6.07, 6.45) is 5.93. The molecule has 0 saturated heterocycles. The van der Waals surface area contributed by atoms with Crippen LogP contribution in [0.3, 0.4) is 0 Å². The van der Waals surface area contributed by atoms with Gasteiger partial charge < -0.3 is 20.4 Å². The van der Waals surface area contributed by atoms with Gasteiger partial charge in [-0.1, -0.05) is 24.6 Å². The van der Waals surface area contributed by atoms with Crippen LogP contribution in [0.25, 0.3) is 10.9 Å². The first-order chi connectivity index (χ1) is 12.7. The van der Waals surface area contributed by atoms with E-state index in [0.717, 1.165) is 45.0 Å². The molecule has 1 aliphatic rings. The number of hydrogen-bond acceptors (Lipinski definition) is 2. The van der Waals surface area contributed by atoms with Crippen LogP contribution in [0.1, 0.15) is 38.3 Å². The third-order valence-electron chi connectivity index (χ3n) is 5.44. The number of aromatic nitrogens is 1. The molecule has 0 aliphatic heterocycles. The smallest absolute Gasteiger partial charge is 0.191 e. The van der Waals surface area contributed by atoms with E-state index in [1.807, 2.05) is 0 Å². The number of methoxy groups -OCH3 is 1. The zero-order valence-electron chi connectivity index (χ0n) is 16.5. The molecule has 0 atom stereocenters. The van der Waals surface area contributed by atoms with E-state index in [1.54, 1.807) is 7.11 Å². The van der Waals surface area contributed by atoms with Crippen LogP contribution in [0.15, 0.2) is 35.3 Å². The van der Waals surface area contributed by atoms with Crippen LogP contribution in [0.2, 0.25) is 0 Å². The predicted octanol–water partition coefficient (Wildman–Crippen LogP) is 4.09. The number of halogens is 1. The van der Waals surface area contributed by atoms with Crippen LogP contribution in [0, 0.1) is 5.41 Å². The maximum atomic E-state index is 5.28. The lowest BCUT2D eigenvalue weighted by Gasteiger charge is -2.40. The SMILES string of the molecule is CCNC(=NCC1(CCOC)CCC1)NCCc1cc2ccccc2[nH]1.I. The number of fused-ring (bicyclic) bond motifs is 1. The molecular formula is C21H33IN4O. The molecule has 2 aromatic rings. The van der Waals surface area contributed by atoms with E-state index in [1.165, 1.54) is 35.9 Å². The molecule has 0 unspecified atom stereocenters. The number of nitrogens with one attached hydrogen (secondary N) is 3. The maximum Gasteiger partial charge on any atom is 0.191 e. The van der Waals surface area contributed by atoms with E-state index in [9.17, 15) is 0 Å². The van der Waals surface area contributed by atoms with Crippen molar-refractivity contribution in [3.05, 3.63) is 36.0 Å². The summed E-state index contributed by atoms with van der Waals surface area (Å²) in [4.78, 5) is 8.35. The number of aliphatic imine (C=N–C) groups is 1. The standard InChI is InChI=1S/C21H32N4O.HI/c1-3-22-20(24-16-21(10-6-11-21)12-14-26-2)23-13-9-18-15-17-7-4-5-8-19(17)25-18;/h4-5,7-8,15,25H,3,6,9-14,16H2,1-2H3,(H2,22,23,24);1H. The van der Waals surface area contributed by atoms with Gasteiger partial charge in [-0.3, -0.25) is 4.99 Å². The quantitative estimate of drug-likeness (QED) is 0.286. The van der Waals surface area contributed by atoms with Crippen molar-refractivity contribution in [1.82, 2.24) is 15.6 Å². The van der Waals surface area contributed by atoms with Gasteiger partial charge in [0, 0.05) is 51.0 Å². The fourth-order valence-electron chi connectivity index (χ4n) is 3.65. The first-order valence-electron chi connectivity index (χ1n) is 9.82. The molecule has 1 aromatic heterocycles. The fourth-order valence-corrected chi connectivity index (χ4v) is 3.65. The Bertz CT molecular complexity index is 691. The van der Waals surface area contributed by atoms with Crippen molar-refractivity contribution in [2.24, 2.45) is 10.4 Å². The number of rotatable bonds is 9. The summed E-state index contributed by atoms with van der Waals surface area (Å²) >= 11 is 0. The highest BCUT2D eigenvalue weighted by molar-refractivity contribution is 14.0. The fraction of sp³-hybridized carbons (Fsp3) is 0.571. The van der Waals surface area contributed by atoms with Crippen LogP contribution in [-0.4, -0.2) is 44.3 Å². The number of ether oxygens (including phenoxy) is 1. The molecular weight excluding hydrogens is 451 g/mol. The first kappa shape index (κ1) is 22.0. The summed E-state index contributed by atoms with van der Waals surface area (Å²) in [6, 6.07) is 10.6. The van der Waals surface area contributed by atoms with Gasteiger partial charge in [0.25, 0.3) is 0 Å². The lowest BCUT2D eigenvalue weighted by atomic mass is 9.67. The van der Waals surface area contributed by atoms with Crippen molar-refractivity contribution in [2.75, 3.05) is 33.4 Å². The normalized spacial score (nSPS) is 15.9. The van der Waals surface area contributed by atoms with Crippen molar-refractivity contribution >= 4 is 40.8 Å². The van der Waals surface area contributed by atoms with Gasteiger partial charge in [-0.05, 0) is 49.1 Å². The molecule has 1 saturated carbocycles. The zero-order valence-corrected chi connectivity index (χ0v) is 18.8. The number of benzene rings is 1. The number of H-pyrrole nitrogens is 1. The minimum atomic E-state index is 0. The number of aromatic amines is 1. The summed E-state index contributed by atoms with van der Waals surface area (Å²) in [5.41, 5.74) is 2.81. The molecule has 5 nitrogen and oxygen atoms in total. The van der Waals surface area contributed by atoms with Gasteiger partial charge in [0.15, 0.2) is 5.96 Å². The van der Waals surface area contributed by atoms with Gasteiger partial charge in [-0.2, -0.15) is 0 Å². The molecule has 1 aromatic carbocycles. The second-order valence-corrected chi connectivity index (χ2v) is 7.35. The van der Waals surface area contributed by atoms with E-state index in [-0.39, 0.29) is 24.0 Å². The van der Waals surface area contributed by atoms with Gasteiger partial charge >= 0.3 is 0 Å². The predicted molar refractivity (Wildman–Crippen MR) is 124 cm³/mol. The van der Waals surface area contributed by atoms with Gasteiger partial charge in [-0.25, -0.2) is 0 Å². The van der Waals surface area contributed by atoms with Crippen molar-refractivity contribution in [3.8, 4) is 0 Å². The lowest BCUT2D eigenvalue weighted by molar-refractivity contribution is 0.0778. The largest absolute Gasteiger partial charge is 0.385 e. The van der Waals surface area contributed by atoms with Crippen LogP contribution < -0.4 is 10.6 Å². The number of guanidine groups is 1. The molecule has 150 valence electrons. The van der Waals surface area contributed by atoms with Crippen molar-refractivity contribution < 1.29 is 4.74 Å². The Hall–Kier alpha value is -1.28. The summed E-state index contributed by atoms with van der Waals surface area (Å²) in [7, 11) is 1.78. The van der Waals surface area contributed by atoms with Crippen LogP contribution in [-0.2, 0) is 11.2 Å². The molecule has 0 bridgehead atoms. The van der Waals surface area contributed by atoms with E-state index in [0.29, 0.717) is 5.41 Å². The average Bonchev–Trinajstić information content (AvgIpc) is 3.03. The van der Waals surface area contributed by atoms with E-state index >= 15 is 0 Å². The molecule has 1 fully saturated rings.